The summed E-state index contributed by atoms with van der Waals surface area (Å²) >= 11 is 0. The van der Waals surface area contributed by atoms with Crippen molar-refractivity contribution in [3.05, 3.63) is 53.4 Å². The van der Waals surface area contributed by atoms with Gasteiger partial charge in [0.1, 0.15) is 0 Å². The van der Waals surface area contributed by atoms with E-state index in [0.717, 1.165) is 25.1 Å². The number of carbonyl (C=O) groups excluding carboxylic acids is 1. The Bertz CT molecular complexity index is 787. The summed E-state index contributed by atoms with van der Waals surface area (Å²) in [5.74, 6) is 0.818. The molecule has 0 bridgehead atoms. The highest BCUT2D eigenvalue weighted by atomic mass is 16.5. The average molecular weight is 353 g/mol. The van der Waals surface area contributed by atoms with E-state index >= 15 is 0 Å². The molecule has 1 saturated carbocycles. The minimum Gasteiger partial charge on any atom is -0.378 e. The Kier molecular flexibility index (Phi) is 4.02. The van der Waals surface area contributed by atoms with Crippen LogP contribution in [0.1, 0.15) is 46.6 Å². The van der Waals surface area contributed by atoms with Crippen LogP contribution in [0.2, 0.25) is 0 Å². The number of amides is 1. The van der Waals surface area contributed by atoms with Crippen LogP contribution in [0.15, 0.2) is 40.9 Å². The summed E-state index contributed by atoms with van der Waals surface area (Å²) in [6, 6.07) is 12.8. The zero-order chi connectivity index (χ0) is 17.5. The molecule has 26 heavy (non-hydrogen) atoms. The Labute approximate surface area is 152 Å². The molecule has 0 N–H and O–H groups in total. The van der Waals surface area contributed by atoms with Gasteiger partial charge in [0.2, 0.25) is 5.76 Å². The van der Waals surface area contributed by atoms with E-state index in [9.17, 15) is 4.79 Å². The molecule has 1 aromatic heterocycles. The van der Waals surface area contributed by atoms with E-state index < -0.39 is 0 Å². The molecule has 6 heteroatoms. The minimum absolute atomic E-state index is 0.0501. The molecular weight excluding hydrogens is 330 g/mol. The highest BCUT2D eigenvalue weighted by Crippen LogP contribution is 2.39. The Balaban J connectivity index is 1.29. The first-order valence-electron chi connectivity index (χ1n) is 9.44. The predicted octanol–water partition coefficient (Wildman–Crippen LogP) is 2.45. The Morgan fingerprint density at radius 1 is 1.12 bits per heavy atom. The van der Waals surface area contributed by atoms with Crippen molar-refractivity contribution < 1.29 is 14.1 Å². The fourth-order valence-corrected chi connectivity index (χ4v) is 4.10. The van der Waals surface area contributed by atoms with Gasteiger partial charge in [0.15, 0.2) is 0 Å². The van der Waals surface area contributed by atoms with Gasteiger partial charge in [0.25, 0.3) is 5.91 Å². The molecule has 1 aliphatic carbocycles. The van der Waals surface area contributed by atoms with Crippen LogP contribution in [0.4, 0.5) is 0 Å². The lowest BCUT2D eigenvalue weighted by Gasteiger charge is -2.47. The summed E-state index contributed by atoms with van der Waals surface area (Å²) in [5.41, 5.74) is 2.21. The number of ether oxygens (including phenoxy) is 1. The SMILES string of the molecule is O=C(c1cc(C2CC2)no1)N1CCN2[C@@H](COC[C@@H]2c2ccccc2)C1. The topological polar surface area (TPSA) is 58.8 Å². The zero-order valence-corrected chi connectivity index (χ0v) is 14.7. The van der Waals surface area contributed by atoms with Gasteiger partial charge in [-0.1, -0.05) is 35.5 Å². The second-order valence-electron chi connectivity index (χ2n) is 7.50. The third-order valence-corrected chi connectivity index (χ3v) is 5.72. The molecule has 3 heterocycles. The second kappa shape index (κ2) is 6.52. The van der Waals surface area contributed by atoms with E-state index in [2.05, 4.69) is 34.3 Å². The van der Waals surface area contributed by atoms with Crippen molar-refractivity contribution in [2.75, 3.05) is 32.8 Å². The van der Waals surface area contributed by atoms with Crippen LogP contribution in [-0.2, 0) is 4.74 Å². The second-order valence-corrected chi connectivity index (χ2v) is 7.50. The van der Waals surface area contributed by atoms with Crippen LogP contribution in [0, 0.1) is 0 Å². The minimum atomic E-state index is -0.0501. The smallest absolute Gasteiger partial charge is 0.292 e. The van der Waals surface area contributed by atoms with Crippen LogP contribution >= 0.6 is 0 Å². The highest BCUT2D eigenvalue weighted by molar-refractivity contribution is 5.91. The molecule has 5 rings (SSSR count). The van der Waals surface area contributed by atoms with Gasteiger partial charge in [0, 0.05) is 31.6 Å². The summed E-state index contributed by atoms with van der Waals surface area (Å²) in [5, 5.41) is 4.07. The van der Waals surface area contributed by atoms with Crippen molar-refractivity contribution in [3.63, 3.8) is 0 Å². The number of piperazine rings is 1. The molecule has 2 aromatic rings. The van der Waals surface area contributed by atoms with E-state index in [0.29, 0.717) is 38.0 Å². The number of hydrogen-bond acceptors (Lipinski definition) is 5. The van der Waals surface area contributed by atoms with E-state index in [1.165, 1.54) is 5.56 Å². The van der Waals surface area contributed by atoms with Crippen molar-refractivity contribution in [1.82, 2.24) is 15.0 Å². The molecule has 0 unspecified atom stereocenters. The number of rotatable bonds is 3. The Morgan fingerprint density at radius 2 is 1.96 bits per heavy atom. The lowest BCUT2D eigenvalue weighted by molar-refractivity contribution is -0.0773. The third-order valence-electron chi connectivity index (χ3n) is 5.72. The molecule has 2 aliphatic heterocycles. The number of aromatic nitrogens is 1. The monoisotopic (exact) mass is 353 g/mol. The van der Waals surface area contributed by atoms with Crippen molar-refractivity contribution in [2.45, 2.75) is 30.8 Å². The number of nitrogens with zero attached hydrogens (tertiary/aromatic N) is 3. The lowest BCUT2D eigenvalue weighted by atomic mass is 10.00. The number of benzene rings is 1. The summed E-state index contributed by atoms with van der Waals surface area (Å²) < 4.78 is 11.2. The van der Waals surface area contributed by atoms with Gasteiger partial charge >= 0.3 is 0 Å². The summed E-state index contributed by atoms with van der Waals surface area (Å²) in [7, 11) is 0. The highest BCUT2D eigenvalue weighted by Gasteiger charge is 2.38. The first-order valence-corrected chi connectivity index (χ1v) is 9.44. The maximum atomic E-state index is 12.8. The summed E-state index contributed by atoms with van der Waals surface area (Å²) in [4.78, 5) is 17.2. The van der Waals surface area contributed by atoms with Crippen molar-refractivity contribution in [3.8, 4) is 0 Å². The molecule has 136 valence electrons. The molecule has 1 amide bonds. The van der Waals surface area contributed by atoms with Gasteiger partial charge in [-0.25, -0.2) is 0 Å². The maximum absolute atomic E-state index is 12.8. The number of carbonyl (C=O) groups is 1. The Morgan fingerprint density at radius 3 is 2.77 bits per heavy atom. The summed E-state index contributed by atoms with van der Waals surface area (Å²) in [6.45, 7) is 3.60. The molecular formula is C20H23N3O3. The molecule has 0 radical (unpaired) electrons. The predicted molar refractivity (Wildman–Crippen MR) is 94.9 cm³/mol. The van der Waals surface area contributed by atoms with Crippen molar-refractivity contribution in [2.24, 2.45) is 0 Å². The van der Waals surface area contributed by atoms with E-state index in [-0.39, 0.29) is 18.0 Å². The van der Waals surface area contributed by atoms with Crippen LogP contribution in [0.3, 0.4) is 0 Å². The molecule has 0 spiro atoms. The average Bonchev–Trinajstić information content (AvgIpc) is 3.44. The van der Waals surface area contributed by atoms with Crippen molar-refractivity contribution in [1.29, 1.82) is 0 Å². The fourth-order valence-electron chi connectivity index (χ4n) is 4.10. The van der Waals surface area contributed by atoms with Crippen LogP contribution < -0.4 is 0 Å². The maximum Gasteiger partial charge on any atom is 0.292 e. The van der Waals surface area contributed by atoms with Gasteiger partial charge in [-0.3, -0.25) is 9.69 Å². The number of morpholine rings is 1. The van der Waals surface area contributed by atoms with Crippen LogP contribution in [-0.4, -0.2) is 59.8 Å². The summed E-state index contributed by atoms with van der Waals surface area (Å²) in [6.07, 6.45) is 2.30. The Hall–Kier alpha value is -2.18. The number of hydrogen-bond donors (Lipinski definition) is 0. The third kappa shape index (κ3) is 2.93. The van der Waals surface area contributed by atoms with E-state index in [1.54, 1.807) is 0 Å². The number of fused-ring (bicyclic) bond motifs is 1. The first kappa shape index (κ1) is 16.0. The van der Waals surface area contributed by atoms with Gasteiger partial charge in [-0.05, 0) is 18.4 Å². The first-order chi connectivity index (χ1) is 12.8. The standard InChI is InChI=1S/C20H23N3O3/c24-20(19-10-17(21-26-19)14-6-7-14)22-8-9-23-16(11-22)12-25-13-18(23)15-4-2-1-3-5-15/h1-5,10,14,16,18H,6-9,11-13H2/t16-,18-/m1/s1. The van der Waals surface area contributed by atoms with E-state index in [1.807, 2.05) is 17.0 Å². The normalized spacial score (nSPS) is 26.5. The molecule has 1 aromatic carbocycles. The van der Waals surface area contributed by atoms with Gasteiger partial charge in [-0.15, -0.1) is 0 Å². The largest absolute Gasteiger partial charge is 0.378 e. The van der Waals surface area contributed by atoms with Crippen molar-refractivity contribution >= 4 is 5.91 Å². The fraction of sp³-hybridized carbons (Fsp3) is 0.500. The molecule has 6 nitrogen and oxygen atoms in total. The molecule has 2 saturated heterocycles. The zero-order valence-electron chi connectivity index (χ0n) is 14.7. The van der Waals surface area contributed by atoms with Gasteiger partial charge in [0.05, 0.1) is 31.0 Å². The van der Waals surface area contributed by atoms with Gasteiger partial charge in [-0.2, -0.15) is 0 Å². The van der Waals surface area contributed by atoms with E-state index in [4.69, 9.17) is 9.26 Å². The quantitative estimate of drug-likeness (QED) is 0.848. The lowest BCUT2D eigenvalue weighted by Crippen LogP contribution is -2.60. The van der Waals surface area contributed by atoms with Gasteiger partial charge < -0.3 is 14.2 Å². The van der Waals surface area contributed by atoms with Crippen LogP contribution in [0.5, 0.6) is 0 Å². The molecule has 3 fully saturated rings. The molecule has 2 atom stereocenters. The van der Waals surface area contributed by atoms with Crippen LogP contribution in [0.25, 0.3) is 0 Å². The molecule has 3 aliphatic rings.